The minimum absolute atomic E-state index is 0. The van der Waals surface area contributed by atoms with Crippen LogP contribution < -0.4 is 12.4 Å². The molecule has 1 fully saturated rings. The van der Waals surface area contributed by atoms with Gasteiger partial charge in [-0.1, -0.05) is 0 Å². The predicted octanol–water partition coefficient (Wildman–Crippen LogP) is -3.03. The summed E-state index contributed by atoms with van der Waals surface area (Å²) in [7, 11) is 0. The van der Waals surface area contributed by atoms with E-state index >= 15 is 0 Å². The summed E-state index contributed by atoms with van der Waals surface area (Å²) in [6.45, 7) is 2.36. The van der Waals surface area contributed by atoms with E-state index in [-0.39, 0.29) is 35.5 Å². The number of rotatable bonds is 0. The van der Waals surface area contributed by atoms with Crippen LogP contribution in [0.3, 0.4) is 0 Å². The van der Waals surface area contributed by atoms with Crippen LogP contribution in [0.25, 0.3) is 5.32 Å². The van der Waals surface area contributed by atoms with Crippen molar-refractivity contribution in [2.75, 3.05) is 19.9 Å². The quantitative estimate of drug-likeness (QED) is 0.321. The van der Waals surface area contributed by atoms with E-state index in [0.29, 0.717) is 6.73 Å². The van der Waals surface area contributed by atoms with Gasteiger partial charge in [-0.2, -0.15) is 0 Å². The molecule has 0 aromatic carbocycles. The van der Waals surface area contributed by atoms with Gasteiger partial charge in [-0.15, -0.1) is 6.54 Å². The molecule has 0 aliphatic carbocycles. The van der Waals surface area contributed by atoms with Crippen molar-refractivity contribution in [1.82, 2.24) is 0 Å². The van der Waals surface area contributed by atoms with Gasteiger partial charge in [0.15, 0.2) is 0 Å². The molecule has 0 N–H and O–H groups in total. The first-order valence-electron chi connectivity index (χ1n) is 1.71. The molecule has 0 aromatic rings. The van der Waals surface area contributed by atoms with Crippen molar-refractivity contribution < 1.29 is 17.1 Å². The van der Waals surface area contributed by atoms with Crippen molar-refractivity contribution in [1.29, 1.82) is 0 Å². The largest absolute Gasteiger partial charge is 2.00 e. The van der Waals surface area contributed by atoms with Gasteiger partial charge in [0, 0.05) is 6.61 Å². The zero-order valence-electron chi connectivity index (χ0n) is 4.06. The molecule has 0 bridgehead atoms. The van der Waals surface area contributed by atoms with E-state index in [2.05, 4.69) is 5.32 Å². The summed E-state index contributed by atoms with van der Waals surface area (Å²) in [6, 6.07) is 0. The Hall–Kier alpha value is 0.976. The van der Waals surface area contributed by atoms with Crippen LogP contribution in [0.1, 0.15) is 0 Å². The van der Waals surface area contributed by atoms with Gasteiger partial charge in [0.2, 0.25) is 0 Å². The Kier molecular flexibility index (Phi) is 10.8. The van der Waals surface area contributed by atoms with Gasteiger partial charge >= 0.3 is 23.1 Å². The third kappa shape index (κ3) is 4.84. The minimum Gasteiger partial charge on any atom is -1.00 e. The molecule has 1 heterocycles. The maximum atomic E-state index is 4.78. The maximum Gasteiger partial charge on any atom is 2.00 e. The molecule has 0 aromatic heterocycles. The van der Waals surface area contributed by atoms with Crippen LogP contribution >= 0.6 is 0 Å². The zero-order chi connectivity index (χ0) is 3.54. The number of halogens is 1. The van der Waals surface area contributed by atoms with Crippen molar-refractivity contribution in [2.24, 2.45) is 0 Å². The van der Waals surface area contributed by atoms with Crippen LogP contribution in [0, 0.1) is 0 Å². The van der Waals surface area contributed by atoms with Gasteiger partial charge in [0.25, 0.3) is 0 Å². The fourth-order valence-electron chi connectivity index (χ4n) is 0.323. The van der Waals surface area contributed by atoms with Crippen molar-refractivity contribution in [3.8, 4) is 0 Å². The molecular weight excluding hydrogens is 126 g/mol. The summed E-state index contributed by atoms with van der Waals surface area (Å²) in [6.07, 6.45) is 0. The van der Waals surface area contributed by atoms with Gasteiger partial charge in [0.1, 0.15) is 0 Å². The first-order chi connectivity index (χ1) is 2.50. The van der Waals surface area contributed by atoms with E-state index in [0.717, 1.165) is 13.2 Å². The number of hydrogen-bond acceptors (Lipinski definition) is 1. The van der Waals surface area contributed by atoms with Gasteiger partial charge in [0.05, 0.1) is 0 Å². The molecular formula is C3H6ClMgNO. The van der Waals surface area contributed by atoms with E-state index in [9.17, 15) is 0 Å². The van der Waals surface area contributed by atoms with Crippen LogP contribution in [0.15, 0.2) is 0 Å². The average Bonchev–Trinajstić information content (AvgIpc) is 1.76. The smallest absolute Gasteiger partial charge is 1.00 e. The van der Waals surface area contributed by atoms with E-state index in [1.807, 2.05) is 0 Å². The normalized spacial score (nSPS) is 17.1. The van der Waals surface area contributed by atoms with E-state index < -0.39 is 0 Å². The molecule has 1 aliphatic heterocycles. The number of nitrogens with zero attached hydrogens (tertiary/aromatic N) is 1. The van der Waals surface area contributed by atoms with Gasteiger partial charge in [-0.05, 0) is 6.73 Å². The number of hydrogen-bond donors (Lipinski definition) is 0. The third-order valence-corrected chi connectivity index (χ3v) is 0.576. The van der Waals surface area contributed by atoms with E-state index in [1.165, 1.54) is 0 Å². The van der Waals surface area contributed by atoms with E-state index in [4.69, 9.17) is 4.74 Å². The first-order valence-corrected chi connectivity index (χ1v) is 1.71. The molecule has 1 saturated heterocycles. The maximum absolute atomic E-state index is 4.78. The second kappa shape index (κ2) is 6.98. The van der Waals surface area contributed by atoms with Crippen molar-refractivity contribution in [2.45, 2.75) is 0 Å². The molecule has 4 heteroatoms. The molecule has 0 spiro atoms. The van der Waals surface area contributed by atoms with E-state index in [1.54, 1.807) is 0 Å². The summed E-state index contributed by atoms with van der Waals surface area (Å²) in [4.78, 5) is 0. The molecule has 0 unspecified atom stereocenters. The second-order valence-corrected chi connectivity index (χ2v) is 0.985. The summed E-state index contributed by atoms with van der Waals surface area (Å²) >= 11 is 0. The molecule has 0 amide bonds. The Morgan fingerprint density at radius 1 is 1.43 bits per heavy atom. The molecule has 1 rings (SSSR count). The Morgan fingerprint density at radius 3 is 2.29 bits per heavy atom. The average molecular weight is 132 g/mol. The van der Waals surface area contributed by atoms with Crippen LogP contribution in [0.2, 0.25) is 0 Å². The SMILES string of the molecule is C1COC[N-]1.[Cl-].[Mg+2]. The molecule has 2 nitrogen and oxygen atoms in total. The van der Waals surface area contributed by atoms with Gasteiger partial charge in [-0.25, -0.2) is 0 Å². The summed E-state index contributed by atoms with van der Waals surface area (Å²) in [5, 5.41) is 3.86. The van der Waals surface area contributed by atoms with Crippen LogP contribution in [0.5, 0.6) is 0 Å². The van der Waals surface area contributed by atoms with Crippen molar-refractivity contribution in [3.05, 3.63) is 5.32 Å². The first kappa shape index (κ1) is 10.9. The third-order valence-electron chi connectivity index (χ3n) is 0.576. The monoisotopic (exact) mass is 131 g/mol. The fraction of sp³-hybridized carbons (Fsp3) is 1.00. The Morgan fingerprint density at radius 2 is 2.14 bits per heavy atom. The Labute approximate surface area is 65.5 Å². The van der Waals surface area contributed by atoms with Crippen LogP contribution in [-0.2, 0) is 4.74 Å². The standard InChI is InChI=1S/C3H6NO.ClH.Mg/c1-2-5-3-4-1;;/h1-3H2;1H;/q-1;;+2/p-1. The van der Waals surface area contributed by atoms with Gasteiger partial charge < -0.3 is 22.5 Å². The second-order valence-electron chi connectivity index (χ2n) is 0.985. The molecule has 0 atom stereocenters. The fourth-order valence-corrected chi connectivity index (χ4v) is 0.323. The van der Waals surface area contributed by atoms with Crippen molar-refractivity contribution in [3.63, 3.8) is 0 Å². The van der Waals surface area contributed by atoms with Crippen LogP contribution in [-0.4, -0.2) is 42.9 Å². The summed E-state index contributed by atoms with van der Waals surface area (Å²) in [5.41, 5.74) is 0. The molecule has 1 aliphatic rings. The molecule has 38 valence electrons. The Bertz CT molecular complexity index is 26.5. The molecule has 7 heavy (non-hydrogen) atoms. The molecule has 0 radical (unpaired) electrons. The summed E-state index contributed by atoms with van der Waals surface area (Å²) in [5.74, 6) is 0. The topological polar surface area (TPSA) is 23.3 Å². The van der Waals surface area contributed by atoms with Crippen molar-refractivity contribution >= 4 is 23.1 Å². The van der Waals surface area contributed by atoms with Gasteiger partial charge in [-0.3, -0.25) is 0 Å². The van der Waals surface area contributed by atoms with Crippen LogP contribution in [0.4, 0.5) is 0 Å². The minimum atomic E-state index is 0. The zero-order valence-corrected chi connectivity index (χ0v) is 6.23. The predicted molar refractivity (Wildman–Crippen MR) is 24.8 cm³/mol. The Balaban J connectivity index is 0. The molecule has 0 saturated carbocycles. The summed E-state index contributed by atoms with van der Waals surface area (Å²) < 4.78 is 4.78. The number of ether oxygens (including phenoxy) is 1.